The van der Waals surface area contributed by atoms with E-state index in [9.17, 15) is 14.7 Å². The Morgan fingerprint density at radius 2 is 1.39 bits per heavy atom. The summed E-state index contributed by atoms with van der Waals surface area (Å²) in [4.78, 5) is 25.4. The lowest BCUT2D eigenvalue weighted by atomic mass is 9.81. The van der Waals surface area contributed by atoms with Crippen molar-refractivity contribution in [2.24, 2.45) is 0 Å². The molecule has 0 aliphatic rings. The quantitative estimate of drug-likeness (QED) is 0.345. The van der Waals surface area contributed by atoms with Gasteiger partial charge in [-0.2, -0.15) is 0 Å². The minimum absolute atomic E-state index is 0.00748. The van der Waals surface area contributed by atoms with Gasteiger partial charge in [0.25, 0.3) is 0 Å². The zero-order chi connectivity index (χ0) is 23.5. The lowest BCUT2D eigenvalue weighted by molar-refractivity contribution is -0.177. The molecule has 0 saturated carbocycles. The highest BCUT2D eigenvalue weighted by molar-refractivity contribution is 5.79. The van der Waals surface area contributed by atoms with Crippen LogP contribution in [0.1, 0.15) is 16.7 Å². The van der Waals surface area contributed by atoms with Crippen molar-refractivity contribution in [3.63, 3.8) is 0 Å². The van der Waals surface area contributed by atoms with Crippen LogP contribution < -0.4 is 5.32 Å². The SMILES string of the molecule is COCNC(=O)COC(c1ccccc1)(c1ccccc1)C(O)C(=O)OCc1ccccc1. The van der Waals surface area contributed by atoms with Crippen LogP contribution in [0.2, 0.25) is 0 Å². The molecule has 33 heavy (non-hydrogen) atoms. The first kappa shape index (κ1) is 24.1. The standard InChI is InChI=1S/C26H27NO6/c1-31-19-27-23(28)18-33-26(21-13-7-3-8-14-21,22-15-9-4-10-16-22)24(29)25(30)32-17-20-11-5-2-6-12-20/h2-16,24,29H,17-19H2,1H3,(H,27,28). The van der Waals surface area contributed by atoms with Gasteiger partial charge < -0.3 is 24.6 Å². The maximum atomic E-state index is 13.1. The number of aliphatic hydroxyl groups excluding tert-OH is 1. The number of ether oxygens (including phenoxy) is 3. The van der Waals surface area contributed by atoms with Gasteiger partial charge in [0.05, 0.1) is 0 Å². The van der Waals surface area contributed by atoms with E-state index in [2.05, 4.69) is 5.32 Å². The van der Waals surface area contributed by atoms with Gasteiger partial charge in [-0.15, -0.1) is 0 Å². The molecular formula is C26H27NO6. The van der Waals surface area contributed by atoms with Gasteiger partial charge in [0.1, 0.15) is 19.9 Å². The Labute approximate surface area is 192 Å². The summed E-state index contributed by atoms with van der Waals surface area (Å²) in [6.07, 6.45) is -1.75. The molecule has 7 nitrogen and oxygen atoms in total. The number of aliphatic hydroxyl groups is 1. The van der Waals surface area contributed by atoms with Crippen LogP contribution >= 0.6 is 0 Å². The van der Waals surface area contributed by atoms with Crippen molar-refractivity contribution in [1.29, 1.82) is 0 Å². The zero-order valence-corrected chi connectivity index (χ0v) is 18.3. The second-order valence-corrected chi connectivity index (χ2v) is 7.29. The number of benzene rings is 3. The third kappa shape index (κ3) is 6.04. The molecule has 2 N–H and O–H groups in total. The van der Waals surface area contributed by atoms with Gasteiger partial charge in [0.15, 0.2) is 11.7 Å². The van der Waals surface area contributed by atoms with Crippen molar-refractivity contribution in [2.75, 3.05) is 20.4 Å². The molecule has 1 amide bonds. The van der Waals surface area contributed by atoms with Gasteiger partial charge in [0.2, 0.25) is 5.91 Å². The normalized spacial score (nSPS) is 12.1. The highest BCUT2D eigenvalue weighted by Gasteiger charge is 2.48. The molecule has 7 heteroatoms. The van der Waals surface area contributed by atoms with Crippen molar-refractivity contribution in [3.8, 4) is 0 Å². The summed E-state index contributed by atoms with van der Waals surface area (Å²) in [5, 5.41) is 13.9. The van der Waals surface area contributed by atoms with Crippen LogP contribution in [0.15, 0.2) is 91.0 Å². The number of amides is 1. The second-order valence-electron chi connectivity index (χ2n) is 7.29. The molecule has 0 aliphatic carbocycles. The summed E-state index contributed by atoms with van der Waals surface area (Å²) >= 11 is 0. The molecule has 0 radical (unpaired) electrons. The Morgan fingerprint density at radius 3 is 1.91 bits per heavy atom. The van der Waals surface area contributed by atoms with Crippen LogP contribution in [0, 0.1) is 0 Å². The van der Waals surface area contributed by atoms with E-state index < -0.39 is 30.2 Å². The smallest absolute Gasteiger partial charge is 0.339 e. The molecule has 3 rings (SSSR count). The number of hydrogen-bond acceptors (Lipinski definition) is 6. The number of carbonyl (C=O) groups excluding carboxylic acids is 2. The lowest BCUT2D eigenvalue weighted by Crippen LogP contribution is -2.50. The number of carbonyl (C=O) groups is 2. The first-order valence-electron chi connectivity index (χ1n) is 10.5. The van der Waals surface area contributed by atoms with E-state index in [0.29, 0.717) is 11.1 Å². The monoisotopic (exact) mass is 449 g/mol. The molecule has 0 bridgehead atoms. The summed E-state index contributed by atoms with van der Waals surface area (Å²) < 4.78 is 16.4. The van der Waals surface area contributed by atoms with E-state index in [1.54, 1.807) is 48.5 Å². The van der Waals surface area contributed by atoms with Crippen LogP contribution in [0.5, 0.6) is 0 Å². The third-order valence-corrected chi connectivity index (χ3v) is 5.08. The Bertz CT molecular complexity index is 971. The van der Waals surface area contributed by atoms with Crippen LogP contribution in [0.25, 0.3) is 0 Å². The predicted octanol–water partition coefficient (Wildman–Crippen LogP) is 2.77. The maximum Gasteiger partial charge on any atom is 0.339 e. The van der Waals surface area contributed by atoms with E-state index >= 15 is 0 Å². The van der Waals surface area contributed by atoms with E-state index in [1.165, 1.54) is 7.11 Å². The largest absolute Gasteiger partial charge is 0.459 e. The van der Waals surface area contributed by atoms with E-state index in [0.717, 1.165) is 5.56 Å². The van der Waals surface area contributed by atoms with Crippen molar-refractivity contribution in [3.05, 3.63) is 108 Å². The van der Waals surface area contributed by atoms with Crippen molar-refractivity contribution in [1.82, 2.24) is 5.32 Å². The minimum Gasteiger partial charge on any atom is -0.459 e. The number of rotatable bonds is 11. The van der Waals surface area contributed by atoms with Gasteiger partial charge in [-0.3, -0.25) is 4.79 Å². The fourth-order valence-corrected chi connectivity index (χ4v) is 3.46. The van der Waals surface area contributed by atoms with Crippen LogP contribution in [-0.4, -0.2) is 43.5 Å². The number of methoxy groups -OCH3 is 1. The number of hydrogen-bond donors (Lipinski definition) is 2. The fraction of sp³-hybridized carbons (Fsp3) is 0.231. The lowest BCUT2D eigenvalue weighted by Gasteiger charge is -2.37. The molecule has 0 saturated heterocycles. The minimum atomic E-state index is -1.75. The number of esters is 1. The Hall–Kier alpha value is -3.52. The molecule has 0 fully saturated rings. The predicted molar refractivity (Wildman–Crippen MR) is 122 cm³/mol. The van der Waals surface area contributed by atoms with Crippen molar-refractivity contribution < 1.29 is 28.9 Å². The molecule has 172 valence electrons. The Morgan fingerprint density at radius 1 is 0.879 bits per heavy atom. The molecule has 1 atom stereocenters. The summed E-state index contributed by atoms with van der Waals surface area (Å²) in [6, 6.07) is 26.8. The highest BCUT2D eigenvalue weighted by atomic mass is 16.6. The summed E-state index contributed by atoms with van der Waals surface area (Å²) in [6.45, 7) is -0.422. The highest BCUT2D eigenvalue weighted by Crippen LogP contribution is 2.38. The summed E-state index contributed by atoms with van der Waals surface area (Å²) in [5.41, 5.74) is 0.100. The van der Waals surface area contributed by atoms with Gasteiger partial charge in [-0.1, -0.05) is 91.0 Å². The van der Waals surface area contributed by atoms with Crippen LogP contribution in [0.3, 0.4) is 0 Å². The van der Waals surface area contributed by atoms with E-state index in [4.69, 9.17) is 14.2 Å². The molecule has 3 aromatic rings. The van der Waals surface area contributed by atoms with Crippen molar-refractivity contribution in [2.45, 2.75) is 18.3 Å². The first-order chi connectivity index (χ1) is 16.1. The topological polar surface area (TPSA) is 94.1 Å². The Kier molecular flexibility index (Phi) is 8.71. The second kappa shape index (κ2) is 11.9. The maximum absolute atomic E-state index is 13.1. The fourth-order valence-electron chi connectivity index (χ4n) is 3.46. The summed E-state index contributed by atoms with van der Waals surface area (Å²) in [7, 11) is 1.45. The summed E-state index contributed by atoms with van der Waals surface area (Å²) in [5.74, 6) is -1.33. The van der Waals surface area contributed by atoms with E-state index in [1.807, 2.05) is 42.5 Å². The van der Waals surface area contributed by atoms with Crippen LogP contribution in [0.4, 0.5) is 0 Å². The molecule has 0 spiro atoms. The average Bonchev–Trinajstić information content (AvgIpc) is 2.88. The molecule has 0 aliphatic heterocycles. The first-order valence-corrected chi connectivity index (χ1v) is 10.5. The van der Waals surface area contributed by atoms with Gasteiger partial charge in [-0.05, 0) is 16.7 Å². The number of nitrogens with one attached hydrogen (secondary N) is 1. The molecule has 0 heterocycles. The molecule has 0 aromatic heterocycles. The molecule has 3 aromatic carbocycles. The van der Waals surface area contributed by atoms with Gasteiger partial charge >= 0.3 is 5.97 Å². The van der Waals surface area contributed by atoms with Gasteiger partial charge in [-0.25, -0.2) is 4.79 Å². The zero-order valence-electron chi connectivity index (χ0n) is 18.3. The van der Waals surface area contributed by atoms with Gasteiger partial charge in [0, 0.05) is 7.11 Å². The third-order valence-electron chi connectivity index (χ3n) is 5.08. The van der Waals surface area contributed by atoms with Crippen LogP contribution in [-0.2, 0) is 36.0 Å². The van der Waals surface area contributed by atoms with E-state index in [-0.39, 0.29) is 13.3 Å². The average molecular weight is 450 g/mol. The molecular weight excluding hydrogens is 422 g/mol. The molecule has 1 unspecified atom stereocenters. The Balaban J connectivity index is 1.96. The van der Waals surface area contributed by atoms with Crippen molar-refractivity contribution >= 4 is 11.9 Å².